The van der Waals surface area contributed by atoms with Gasteiger partial charge in [-0.05, 0) is 80.7 Å². The van der Waals surface area contributed by atoms with Gasteiger partial charge in [-0.25, -0.2) is 0 Å². The average Bonchev–Trinajstić information content (AvgIpc) is 2.99. The predicted molar refractivity (Wildman–Crippen MR) is 169 cm³/mol. The summed E-state index contributed by atoms with van der Waals surface area (Å²) in [5.41, 5.74) is 5.79. The molecule has 1 aliphatic carbocycles. The second kappa shape index (κ2) is 15.2. The first-order valence-electron chi connectivity index (χ1n) is 16.0. The Bertz CT molecular complexity index is 1340. The summed E-state index contributed by atoms with van der Waals surface area (Å²) in [7, 11) is 0. The second-order valence-corrected chi connectivity index (χ2v) is 12.2. The summed E-state index contributed by atoms with van der Waals surface area (Å²) in [5.74, 6) is -0.104. The van der Waals surface area contributed by atoms with E-state index in [0.29, 0.717) is 45.4 Å². The summed E-state index contributed by atoms with van der Waals surface area (Å²) in [6.45, 7) is 6.50. The van der Waals surface area contributed by atoms with Crippen LogP contribution in [-0.4, -0.2) is 67.1 Å². The molecule has 3 aliphatic rings. The van der Waals surface area contributed by atoms with Crippen LogP contribution in [0.5, 0.6) is 5.75 Å². The second-order valence-electron chi connectivity index (χ2n) is 12.2. The van der Waals surface area contributed by atoms with Crippen molar-refractivity contribution in [1.29, 1.82) is 0 Å². The van der Waals surface area contributed by atoms with Crippen LogP contribution in [0, 0.1) is 6.92 Å². The van der Waals surface area contributed by atoms with Gasteiger partial charge in [0.25, 0.3) is 0 Å². The Labute approximate surface area is 260 Å². The number of allylic oxidation sites excluding steroid dienone is 2. The van der Waals surface area contributed by atoms with Crippen molar-refractivity contribution < 1.29 is 23.9 Å². The van der Waals surface area contributed by atoms with Crippen LogP contribution in [0.15, 0.2) is 59.8 Å². The van der Waals surface area contributed by atoms with Gasteiger partial charge in [0.15, 0.2) is 0 Å². The van der Waals surface area contributed by atoms with Gasteiger partial charge in [-0.3, -0.25) is 14.4 Å². The van der Waals surface area contributed by atoms with Crippen LogP contribution in [0.25, 0.3) is 0 Å². The lowest BCUT2D eigenvalue weighted by atomic mass is 9.87. The number of morpholine rings is 1. The van der Waals surface area contributed by atoms with Crippen molar-refractivity contribution in [2.45, 2.75) is 89.9 Å². The zero-order valence-electron chi connectivity index (χ0n) is 26.0. The maximum absolute atomic E-state index is 13.8. The number of aryl methyl sites for hydroxylation is 2. The molecule has 0 aromatic heterocycles. The van der Waals surface area contributed by atoms with E-state index in [-0.39, 0.29) is 23.8 Å². The number of carbonyl (C=O) groups excluding carboxylic acids is 3. The van der Waals surface area contributed by atoms with Gasteiger partial charge in [0, 0.05) is 38.7 Å². The molecule has 3 amide bonds. The van der Waals surface area contributed by atoms with E-state index in [2.05, 4.69) is 20.9 Å². The Hall–Kier alpha value is -3.85. The monoisotopic (exact) mass is 602 g/mol. The Morgan fingerprint density at radius 3 is 2.59 bits per heavy atom. The van der Waals surface area contributed by atoms with E-state index in [0.717, 1.165) is 54.8 Å². The number of ether oxygens (including phenoxy) is 2. The van der Waals surface area contributed by atoms with Gasteiger partial charge in [0.2, 0.25) is 17.7 Å². The third-order valence-corrected chi connectivity index (χ3v) is 8.93. The molecule has 1 saturated heterocycles. The molecule has 236 valence electrons. The zero-order valence-corrected chi connectivity index (χ0v) is 26.0. The molecule has 2 aromatic carbocycles. The maximum atomic E-state index is 13.8. The Balaban J connectivity index is 1.41. The van der Waals surface area contributed by atoms with Crippen LogP contribution in [-0.2, 0) is 32.1 Å². The maximum Gasteiger partial charge on any atom is 0.243 e. The quantitative estimate of drug-likeness (QED) is 0.490. The molecule has 2 aromatic rings. The van der Waals surface area contributed by atoms with Gasteiger partial charge in [-0.1, -0.05) is 42.0 Å². The summed E-state index contributed by atoms with van der Waals surface area (Å²) in [6.07, 6.45) is 6.29. The van der Waals surface area contributed by atoms with E-state index in [1.807, 2.05) is 55.5 Å². The van der Waals surface area contributed by atoms with E-state index in [1.54, 1.807) is 0 Å². The number of nitrogens with one attached hydrogen (secondary N) is 3. The normalized spacial score (nSPS) is 23.6. The molecular weight excluding hydrogens is 556 g/mol. The third-order valence-electron chi connectivity index (χ3n) is 8.93. The number of amides is 3. The Morgan fingerprint density at radius 2 is 1.84 bits per heavy atom. The minimum absolute atomic E-state index is 0.0468. The Morgan fingerprint density at radius 1 is 1.02 bits per heavy atom. The molecule has 2 aliphatic heterocycles. The number of nitrogens with zero attached hydrogens (tertiary/aromatic N) is 1. The molecule has 3 N–H and O–H groups in total. The fourth-order valence-corrected chi connectivity index (χ4v) is 6.17. The fraction of sp³-hybridized carbons (Fsp3) is 0.514. The highest BCUT2D eigenvalue weighted by Gasteiger charge is 2.30. The van der Waals surface area contributed by atoms with Crippen molar-refractivity contribution in [3.63, 3.8) is 0 Å². The largest absolute Gasteiger partial charge is 0.493 e. The van der Waals surface area contributed by atoms with Crippen molar-refractivity contribution in [3.05, 3.63) is 76.5 Å². The molecular formula is C35H46N4O5. The Kier molecular flexibility index (Phi) is 10.9. The van der Waals surface area contributed by atoms with Crippen molar-refractivity contribution >= 4 is 17.7 Å². The number of fused-ring (bicyclic) bond motifs is 4. The fourth-order valence-electron chi connectivity index (χ4n) is 6.17. The molecule has 1 saturated carbocycles. The number of carbonyl (C=O) groups is 3. The molecule has 5 rings (SSSR count). The predicted octanol–water partition coefficient (Wildman–Crippen LogP) is 3.94. The molecule has 9 heteroatoms. The standard InChI is InChI=1S/C35H46N4O5/c1-24-11-13-29-21-28(24)22-36-34(41)31(14-12-26-7-4-3-5-8-26)38-35(42)32(37-25(2)40)15-16-33(27-9-6-10-27)39-18-20-44-30(23-39)17-19-43-29/h3-5,7-8,11,13,21,30-32H,6,9-10,12,14-20,22-23H2,1-2H3,(H,36,41)(H,37,40)(H,38,42)/t30?,31?,32-/m0/s1. The highest BCUT2D eigenvalue weighted by molar-refractivity contribution is 5.91. The summed E-state index contributed by atoms with van der Waals surface area (Å²) >= 11 is 0. The van der Waals surface area contributed by atoms with E-state index in [9.17, 15) is 14.4 Å². The molecule has 44 heavy (non-hydrogen) atoms. The minimum atomic E-state index is -0.759. The van der Waals surface area contributed by atoms with Crippen LogP contribution in [0.1, 0.15) is 68.6 Å². The van der Waals surface area contributed by atoms with Gasteiger partial charge in [-0.15, -0.1) is 0 Å². The molecule has 4 bridgehead atoms. The first-order chi connectivity index (χ1) is 21.4. The van der Waals surface area contributed by atoms with Crippen LogP contribution in [0.3, 0.4) is 0 Å². The van der Waals surface area contributed by atoms with Gasteiger partial charge >= 0.3 is 0 Å². The first-order valence-corrected chi connectivity index (χ1v) is 16.0. The topological polar surface area (TPSA) is 109 Å². The van der Waals surface area contributed by atoms with E-state index in [1.165, 1.54) is 24.6 Å². The summed E-state index contributed by atoms with van der Waals surface area (Å²) in [4.78, 5) is 42.0. The molecule has 0 radical (unpaired) electrons. The number of hydrogen-bond donors (Lipinski definition) is 3. The molecule has 2 heterocycles. The molecule has 2 fully saturated rings. The summed E-state index contributed by atoms with van der Waals surface area (Å²) < 4.78 is 12.3. The SMILES string of the molecule is CC(=O)N[C@H]1CCC(=C2CCC2)N2CCOC(CCOc3ccc(C)c(c3)CNC(=O)C(CCc3ccccc3)NC1=O)C2. The average molecular weight is 603 g/mol. The van der Waals surface area contributed by atoms with E-state index >= 15 is 0 Å². The summed E-state index contributed by atoms with van der Waals surface area (Å²) in [5, 5.41) is 8.92. The highest BCUT2D eigenvalue weighted by Crippen LogP contribution is 2.34. The van der Waals surface area contributed by atoms with E-state index < -0.39 is 12.1 Å². The molecule has 3 atom stereocenters. The lowest BCUT2D eigenvalue weighted by Crippen LogP contribution is -2.53. The van der Waals surface area contributed by atoms with Gasteiger partial charge < -0.3 is 30.3 Å². The highest BCUT2D eigenvalue weighted by atomic mass is 16.5. The van der Waals surface area contributed by atoms with E-state index in [4.69, 9.17) is 9.47 Å². The smallest absolute Gasteiger partial charge is 0.243 e. The van der Waals surface area contributed by atoms with Crippen molar-refractivity contribution in [3.8, 4) is 5.75 Å². The van der Waals surface area contributed by atoms with Crippen molar-refractivity contribution in [2.75, 3.05) is 26.3 Å². The number of hydrogen-bond acceptors (Lipinski definition) is 6. The van der Waals surface area contributed by atoms with Gasteiger partial charge in [0.05, 0.1) is 19.3 Å². The van der Waals surface area contributed by atoms with Gasteiger partial charge in [0.1, 0.15) is 17.8 Å². The van der Waals surface area contributed by atoms with Crippen LogP contribution in [0.2, 0.25) is 0 Å². The van der Waals surface area contributed by atoms with Crippen LogP contribution < -0.4 is 20.7 Å². The number of benzene rings is 2. The number of rotatable bonds is 4. The van der Waals surface area contributed by atoms with Crippen molar-refractivity contribution in [1.82, 2.24) is 20.9 Å². The van der Waals surface area contributed by atoms with Crippen LogP contribution >= 0.6 is 0 Å². The molecule has 9 nitrogen and oxygen atoms in total. The zero-order chi connectivity index (χ0) is 30.9. The lowest BCUT2D eigenvalue weighted by molar-refractivity contribution is -0.132. The van der Waals surface area contributed by atoms with Crippen molar-refractivity contribution in [2.24, 2.45) is 0 Å². The molecule has 2 unspecified atom stereocenters. The van der Waals surface area contributed by atoms with Crippen LogP contribution in [0.4, 0.5) is 0 Å². The minimum Gasteiger partial charge on any atom is -0.493 e. The van der Waals surface area contributed by atoms with Gasteiger partial charge in [-0.2, -0.15) is 0 Å². The lowest BCUT2D eigenvalue weighted by Gasteiger charge is -2.39. The third kappa shape index (κ3) is 8.62. The summed E-state index contributed by atoms with van der Waals surface area (Å²) in [6, 6.07) is 14.4. The first kappa shape index (κ1) is 31.6. The molecule has 0 spiro atoms.